The molecule has 1 aromatic heterocycles. The second kappa shape index (κ2) is 7.56. The normalized spacial score (nSPS) is 13.2. The molecule has 4 nitrogen and oxygen atoms in total. The Bertz CT molecular complexity index is 1040. The molecule has 1 saturated carbocycles. The molecule has 1 heterocycles. The number of aryl methyl sites for hydroxylation is 1. The van der Waals surface area contributed by atoms with E-state index >= 15 is 0 Å². The van der Waals surface area contributed by atoms with E-state index in [1.807, 2.05) is 12.3 Å². The van der Waals surface area contributed by atoms with Crippen LogP contribution in [0, 0.1) is 12.7 Å². The van der Waals surface area contributed by atoms with Gasteiger partial charge in [-0.15, -0.1) is 11.3 Å². The highest BCUT2D eigenvalue weighted by Crippen LogP contribution is 2.34. The molecular weight excluding hydrogens is 375 g/mol. The van der Waals surface area contributed by atoms with Crippen LogP contribution in [0.2, 0.25) is 0 Å². The zero-order valence-electron chi connectivity index (χ0n) is 15.3. The van der Waals surface area contributed by atoms with Gasteiger partial charge in [0.2, 0.25) is 0 Å². The Morgan fingerprint density at radius 2 is 1.89 bits per heavy atom. The van der Waals surface area contributed by atoms with Crippen LogP contribution in [0.15, 0.2) is 53.9 Å². The summed E-state index contributed by atoms with van der Waals surface area (Å²) in [7, 11) is 0. The average Bonchev–Trinajstić information content (AvgIpc) is 3.31. The molecule has 28 heavy (non-hydrogen) atoms. The Labute approximate surface area is 166 Å². The van der Waals surface area contributed by atoms with Crippen molar-refractivity contribution < 1.29 is 14.0 Å². The Morgan fingerprint density at radius 3 is 2.61 bits per heavy atom. The summed E-state index contributed by atoms with van der Waals surface area (Å²) in [4.78, 5) is 25.4. The molecule has 3 aromatic rings. The number of carbonyl (C=O) groups is 2. The Morgan fingerprint density at radius 1 is 1.07 bits per heavy atom. The highest BCUT2D eigenvalue weighted by Gasteiger charge is 2.24. The minimum absolute atomic E-state index is 0.163. The zero-order chi connectivity index (χ0) is 19.7. The van der Waals surface area contributed by atoms with Crippen LogP contribution < -0.4 is 10.6 Å². The first-order valence-electron chi connectivity index (χ1n) is 9.08. The molecule has 142 valence electrons. The molecular formula is C22H19FN2O2S. The molecule has 0 spiro atoms. The average molecular weight is 394 g/mol. The summed E-state index contributed by atoms with van der Waals surface area (Å²) in [5.41, 5.74) is 2.54. The largest absolute Gasteiger partial charge is 0.349 e. The second-order valence-electron chi connectivity index (χ2n) is 6.87. The van der Waals surface area contributed by atoms with Crippen molar-refractivity contribution in [3.8, 4) is 11.1 Å². The molecule has 0 atom stereocenters. The molecule has 0 radical (unpaired) electrons. The van der Waals surface area contributed by atoms with Crippen LogP contribution in [0.25, 0.3) is 11.1 Å². The second-order valence-corrected chi connectivity index (χ2v) is 7.82. The summed E-state index contributed by atoms with van der Waals surface area (Å²) in [6, 6.07) is 13.5. The summed E-state index contributed by atoms with van der Waals surface area (Å²) >= 11 is 1.32. The summed E-state index contributed by atoms with van der Waals surface area (Å²) < 4.78 is 14.8. The molecule has 0 unspecified atom stereocenters. The maximum Gasteiger partial charge on any atom is 0.265 e. The molecule has 6 heteroatoms. The van der Waals surface area contributed by atoms with Crippen molar-refractivity contribution in [2.24, 2.45) is 0 Å². The van der Waals surface area contributed by atoms with Crippen molar-refractivity contribution in [2.75, 3.05) is 5.32 Å². The van der Waals surface area contributed by atoms with Crippen LogP contribution in [-0.4, -0.2) is 17.9 Å². The van der Waals surface area contributed by atoms with Crippen molar-refractivity contribution in [1.29, 1.82) is 0 Å². The maximum absolute atomic E-state index is 14.8. The number of nitrogens with one attached hydrogen (secondary N) is 2. The molecule has 0 bridgehead atoms. The first-order valence-corrected chi connectivity index (χ1v) is 9.96. The fourth-order valence-electron chi connectivity index (χ4n) is 3.02. The van der Waals surface area contributed by atoms with Gasteiger partial charge in [-0.2, -0.15) is 0 Å². The summed E-state index contributed by atoms with van der Waals surface area (Å²) in [6.45, 7) is 1.86. The number of rotatable bonds is 5. The maximum atomic E-state index is 14.8. The minimum atomic E-state index is -0.452. The van der Waals surface area contributed by atoms with Gasteiger partial charge in [-0.05, 0) is 66.6 Å². The van der Waals surface area contributed by atoms with Crippen LogP contribution >= 0.6 is 11.3 Å². The van der Waals surface area contributed by atoms with E-state index in [2.05, 4.69) is 10.6 Å². The lowest BCUT2D eigenvalue weighted by molar-refractivity contribution is 0.0950. The molecule has 1 aliphatic rings. The standard InChI is InChI=1S/C22H19FN2O2S/c1-13-7-8-14(21(26)24-15-9-10-15)12-16(13)20-17(23)4-2-5-18(20)25-22(27)19-6-3-11-28-19/h2-8,11-12,15H,9-10H2,1H3,(H,24,26)(H,25,27). The number of carbonyl (C=O) groups excluding carboxylic acids is 2. The smallest absolute Gasteiger partial charge is 0.265 e. The molecule has 4 rings (SSSR count). The van der Waals surface area contributed by atoms with Gasteiger partial charge < -0.3 is 10.6 Å². The van der Waals surface area contributed by atoms with Gasteiger partial charge >= 0.3 is 0 Å². The van der Waals surface area contributed by atoms with Gasteiger partial charge in [0.25, 0.3) is 11.8 Å². The fraction of sp³-hybridized carbons (Fsp3) is 0.182. The number of anilines is 1. The Kier molecular flexibility index (Phi) is 4.96. The van der Waals surface area contributed by atoms with Gasteiger partial charge in [0, 0.05) is 17.2 Å². The molecule has 0 aliphatic heterocycles. The first kappa shape index (κ1) is 18.4. The van der Waals surface area contributed by atoms with Crippen LogP contribution in [0.1, 0.15) is 38.4 Å². The summed E-state index contributed by atoms with van der Waals surface area (Å²) in [5.74, 6) is -0.904. The van der Waals surface area contributed by atoms with E-state index < -0.39 is 5.82 Å². The van der Waals surface area contributed by atoms with E-state index in [1.54, 1.807) is 42.5 Å². The zero-order valence-corrected chi connectivity index (χ0v) is 16.1. The molecule has 2 N–H and O–H groups in total. The molecule has 0 saturated heterocycles. The van der Waals surface area contributed by atoms with E-state index in [9.17, 15) is 14.0 Å². The van der Waals surface area contributed by atoms with Crippen LogP contribution in [0.5, 0.6) is 0 Å². The molecule has 2 amide bonds. The Balaban J connectivity index is 1.72. The predicted molar refractivity (Wildman–Crippen MR) is 109 cm³/mol. The summed E-state index contributed by atoms with van der Waals surface area (Å²) in [6.07, 6.45) is 1.99. The van der Waals surface area contributed by atoms with E-state index in [0.29, 0.717) is 21.7 Å². The van der Waals surface area contributed by atoms with Crippen molar-refractivity contribution in [2.45, 2.75) is 25.8 Å². The van der Waals surface area contributed by atoms with Gasteiger partial charge in [0.1, 0.15) is 5.82 Å². The van der Waals surface area contributed by atoms with Crippen LogP contribution in [0.3, 0.4) is 0 Å². The highest BCUT2D eigenvalue weighted by atomic mass is 32.1. The molecule has 2 aromatic carbocycles. The summed E-state index contributed by atoms with van der Waals surface area (Å²) in [5, 5.41) is 7.56. The first-order chi connectivity index (χ1) is 13.5. The van der Waals surface area contributed by atoms with E-state index in [0.717, 1.165) is 18.4 Å². The van der Waals surface area contributed by atoms with Gasteiger partial charge in [-0.1, -0.05) is 18.2 Å². The van der Waals surface area contributed by atoms with Crippen LogP contribution in [-0.2, 0) is 0 Å². The van der Waals surface area contributed by atoms with Crippen molar-refractivity contribution in [1.82, 2.24) is 5.32 Å². The number of benzene rings is 2. The third kappa shape index (κ3) is 3.82. The molecule has 1 aliphatic carbocycles. The van der Waals surface area contributed by atoms with Gasteiger partial charge in [0.15, 0.2) is 0 Å². The SMILES string of the molecule is Cc1ccc(C(=O)NC2CC2)cc1-c1c(F)cccc1NC(=O)c1cccs1. The number of halogens is 1. The Hall–Kier alpha value is -2.99. The number of hydrogen-bond donors (Lipinski definition) is 2. The third-order valence-corrected chi connectivity index (χ3v) is 5.56. The monoisotopic (exact) mass is 394 g/mol. The van der Waals surface area contributed by atoms with E-state index in [1.165, 1.54) is 17.4 Å². The van der Waals surface area contributed by atoms with E-state index in [-0.39, 0.29) is 23.4 Å². The van der Waals surface area contributed by atoms with E-state index in [4.69, 9.17) is 0 Å². The quantitative estimate of drug-likeness (QED) is 0.639. The van der Waals surface area contributed by atoms with Gasteiger partial charge in [-0.25, -0.2) is 4.39 Å². The number of thiophene rings is 1. The lowest BCUT2D eigenvalue weighted by Gasteiger charge is -2.15. The predicted octanol–water partition coefficient (Wildman–Crippen LogP) is 5.01. The lowest BCUT2D eigenvalue weighted by atomic mass is 9.95. The van der Waals surface area contributed by atoms with Crippen LogP contribution in [0.4, 0.5) is 10.1 Å². The highest BCUT2D eigenvalue weighted by molar-refractivity contribution is 7.12. The fourth-order valence-corrected chi connectivity index (χ4v) is 3.64. The van der Waals surface area contributed by atoms with Crippen molar-refractivity contribution >= 4 is 28.8 Å². The number of hydrogen-bond acceptors (Lipinski definition) is 3. The van der Waals surface area contributed by atoms with Crippen molar-refractivity contribution in [3.63, 3.8) is 0 Å². The van der Waals surface area contributed by atoms with Gasteiger partial charge in [0.05, 0.1) is 10.6 Å². The van der Waals surface area contributed by atoms with Crippen molar-refractivity contribution in [3.05, 3.63) is 75.7 Å². The molecule has 1 fully saturated rings. The topological polar surface area (TPSA) is 58.2 Å². The van der Waals surface area contributed by atoms with Gasteiger partial charge in [-0.3, -0.25) is 9.59 Å². The lowest BCUT2D eigenvalue weighted by Crippen LogP contribution is -2.25. The third-order valence-electron chi connectivity index (χ3n) is 4.69. The minimum Gasteiger partial charge on any atom is -0.349 e. The number of amides is 2.